The molecule has 388 valence electrons. The number of furan rings is 1. The first kappa shape index (κ1) is 46.9. The first-order chi connectivity index (χ1) is 41.2. The number of nitrogens with zero attached hydrogens (tertiary/aromatic N) is 6. The topological polar surface area (TPSA) is 66.6 Å². The Labute approximate surface area is 477 Å². The number of benzene rings is 12. The van der Waals surface area contributed by atoms with Crippen LogP contribution in [0.15, 0.2) is 296 Å². The van der Waals surface area contributed by atoms with E-state index in [4.69, 9.17) is 19.4 Å². The molecule has 0 fully saturated rings. The molecule has 83 heavy (non-hydrogen) atoms. The summed E-state index contributed by atoms with van der Waals surface area (Å²) >= 11 is 0. The van der Waals surface area contributed by atoms with Gasteiger partial charge in [-0.2, -0.15) is 9.97 Å². The molecule has 5 aromatic heterocycles. The Balaban J connectivity index is 0.916. The maximum absolute atomic E-state index is 6.52. The van der Waals surface area contributed by atoms with Gasteiger partial charge in [0.1, 0.15) is 11.2 Å². The molecule has 0 N–H and O–H groups in total. The molecule has 7 nitrogen and oxygen atoms in total. The van der Waals surface area contributed by atoms with E-state index in [0.717, 1.165) is 88.3 Å². The number of fused-ring (bicyclic) bond motifs is 12. The summed E-state index contributed by atoms with van der Waals surface area (Å²) < 4.78 is 13.5. The third kappa shape index (κ3) is 7.19. The van der Waals surface area contributed by atoms with Gasteiger partial charge in [-0.3, -0.25) is 4.57 Å². The number of aromatic nitrogens is 6. The lowest BCUT2D eigenvalue weighted by Gasteiger charge is -2.34. The average molecular weight is 1080 g/mol. The van der Waals surface area contributed by atoms with Crippen LogP contribution in [-0.2, 0) is 0 Å². The molecule has 0 aliphatic heterocycles. The summed E-state index contributed by atoms with van der Waals surface area (Å²) in [5.74, 6) is 1.61. The molecule has 0 saturated heterocycles. The SMILES string of the molecule is c1ccc([Si](c2ccccc2)(c2ccccc2)c2ccc(-c3nc(-c4ccc5c(c4)oc4ccccc45)nc(-n4c5ccc(-n6c7ccccc7c7ccccc76)cc5c5cc(-n6c7ccccc7c7ccccc76)ccc54)n3)cc2)cc1. The smallest absolute Gasteiger partial charge is 0.238 e. The van der Waals surface area contributed by atoms with Gasteiger partial charge in [0, 0.05) is 65.6 Å². The van der Waals surface area contributed by atoms with E-state index in [-0.39, 0.29) is 0 Å². The fraction of sp³-hybridized carbons (Fsp3) is 0. The highest BCUT2D eigenvalue weighted by atomic mass is 28.3. The minimum Gasteiger partial charge on any atom is -0.456 e. The van der Waals surface area contributed by atoms with E-state index in [1.807, 2.05) is 12.1 Å². The van der Waals surface area contributed by atoms with E-state index in [9.17, 15) is 0 Å². The fourth-order valence-electron chi connectivity index (χ4n) is 13.4. The van der Waals surface area contributed by atoms with E-state index in [1.165, 1.54) is 42.3 Å². The van der Waals surface area contributed by atoms with E-state index in [0.29, 0.717) is 17.6 Å². The largest absolute Gasteiger partial charge is 0.456 e. The van der Waals surface area contributed by atoms with Gasteiger partial charge >= 0.3 is 0 Å². The van der Waals surface area contributed by atoms with Crippen molar-refractivity contribution in [3.63, 3.8) is 0 Å². The lowest BCUT2D eigenvalue weighted by molar-refractivity contribution is 0.669. The molecule has 5 heterocycles. The molecule has 0 unspecified atom stereocenters. The molecule has 0 amide bonds. The molecule has 0 bridgehead atoms. The van der Waals surface area contributed by atoms with Gasteiger partial charge in [0.15, 0.2) is 19.7 Å². The van der Waals surface area contributed by atoms with Crippen LogP contribution in [0.2, 0.25) is 0 Å². The zero-order valence-corrected chi connectivity index (χ0v) is 45.8. The van der Waals surface area contributed by atoms with Crippen LogP contribution in [0, 0.1) is 0 Å². The second kappa shape index (κ2) is 18.6. The van der Waals surface area contributed by atoms with Crippen molar-refractivity contribution >= 4 is 116 Å². The predicted molar refractivity (Wildman–Crippen MR) is 345 cm³/mol. The Morgan fingerprint density at radius 1 is 0.253 bits per heavy atom. The molecule has 0 aliphatic rings. The molecule has 12 aromatic carbocycles. The zero-order chi connectivity index (χ0) is 54.6. The van der Waals surface area contributed by atoms with Gasteiger partial charge in [-0.15, -0.1) is 0 Å². The van der Waals surface area contributed by atoms with E-state index < -0.39 is 8.07 Å². The van der Waals surface area contributed by atoms with Crippen LogP contribution in [0.4, 0.5) is 0 Å². The van der Waals surface area contributed by atoms with Crippen LogP contribution < -0.4 is 20.7 Å². The van der Waals surface area contributed by atoms with Crippen molar-refractivity contribution in [2.75, 3.05) is 0 Å². The number of hydrogen-bond donors (Lipinski definition) is 0. The van der Waals surface area contributed by atoms with E-state index in [2.05, 4.69) is 293 Å². The lowest BCUT2D eigenvalue weighted by atomic mass is 10.1. The van der Waals surface area contributed by atoms with Crippen LogP contribution in [0.25, 0.3) is 127 Å². The summed E-state index contributed by atoms with van der Waals surface area (Å²) in [6, 6.07) is 105. The molecule has 0 saturated carbocycles. The van der Waals surface area contributed by atoms with Crippen LogP contribution in [0.3, 0.4) is 0 Å². The maximum Gasteiger partial charge on any atom is 0.238 e. The van der Waals surface area contributed by atoms with E-state index >= 15 is 0 Å². The quantitative estimate of drug-likeness (QED) is 0.107. The van der Waals surface area contributed by atoms with Crippen molar-refractivity contribution < 1.29 is 4.42 Å². The summed E-state index contributed by atoms with van der Waals surface area (Å²) in [5, 5.41) is 14.3. The van der Waals surface area contributed by atoms with Crippen LogP contribution in [-0.4, -0.2) is 36.7 Å². The maximum atomic E-state index is 6.52. The zero-order valence-electron chi connectivity index (χ0n) is 44.8. The van der Waals surface area contributed by atoms with Crippen molar-refractivity contribution in [1.82, 2.24) is 28.7 Å². The normalized spacial score (nSPS) is 12.1. The standard InChI is InChI=1S/C75H48N6OSi/c1-4-20-53(21-5-1)83(54-22-6-2-7-23-54,55-24-8-3-9-25-55)56-41-36-49(37-42-56)73-76-74(50-38-43-62-61-30-14-19-35-71(61)82-72(62)46-50)78-75(77-73)81-69-44-39-51(79-65-31-15-10-26-57(65)58-27-11-16-32-66(58)79)47-63(69)64-48-52(40-45-70(64)81)80-67-33-17-12-28-59(67)60-29-13-18-34-68(60)80/h1-48H. The number of para-hydroxylation sites is 5. The van der Waals surface area contributed by atoms with Gasteiger partial charge in [-0.25, -0.2) is 4.98 Å². The van der Waals surface area contributed by atoms with Gasteiger partial charge in [0.05, 0.1) is 33.1 Å². The summed E-state index contributed by atoms with van der Waals surface area (Å²) in [7, 11) is -2.83. The highest BCUT2D eigenvalue weighted by Gasteiger charge is 2.41. The van der Waals surface area contributed by atoms with Crippen molar-refractivity contribution in [2.24, 2.45) is 0 Å². The molecule has 17 rings (SSSR count). The highest BCUT2D eigenvalue weighted by molar-refractivity contribution is 7.19. The third-order valence-corrected chi connectivity index (χ3v) is 21.9. The predicted octanol–water partition coefficient (Wildman–Crippen LogP) is 15.8. The number of hydrogen-bond acceptors (Lipinski definition) is 4. The third-order valence-electron chi connectivity index (χ3n) is 17.1. The average Bonchev–Trinajstić information content (AvgIpc) is 3.50. The van der Waals surface area contributed by atoms with Crippen LogP contribution in [0.1, 0.15) is 0 Å². The summed E-state index contributed by atoms with van der Waals surface area (Å²) in [5.41, 5.74) is 12.0. The summed E-state index contributed by atoms with van der Waals surface area (Å²) in [6.07, 6.45) is 0. The Morgan fingerprint density at radius 3 is 1.11 bits per heavy atom. The number of rotatable bonds is 9. The van der Waals surface area contributed by atoms with Crippen molar-refractivity contribution in [1.29, 1.82) is 0 Å². The Morgan fingerprint density at radius 2 is 0.627 bits per heavy atom. The monoisotopic (exact) mass is 1080 g/mol. The van der Waals surface area contributed by atoms with Crippen LogP contribution >= 0.6 is 0 Å². The fourth-order valence-corrected chi connectivity index (χ4v) is 18.2. The Bertz CT molecular complexity index is 5020. The van der Waals surface area contributed by atoms with Gasteiger partial charge in [0.25, 0.3) is 0 Å². The molecule has 17 aromatic rings. The Kier molecular flexibility index (Phi) is 10.5. The molecule has 0 atom stereocenters. The minimum atomic E-state index is -2.83. The van der Waals surface area contributed by atoms with Crippen molar-refractivity contribution in [3.8, 4) is 40.1 Å². The first-order valence-electron chi connectivity index (χ1n) is 28.2. The van der Waals surface area contributed by atoms with Gasteiger partial charge in [0.2, 0.25) is 5.95 Å². The highest BCUT2D eigenvalue weighted by Crippen LogP contribution is 2.40. The Hall–Kier alpha value is -10.9. The molecular formula is C75H48N6OSi. The second-order valence-electron chi connectivity index (χ2n) is 21.5. The molecule has 0 spiro atoms. The van der Waals surface area contributed by atoms with Gasteiger partial charge < -0.3 is 13.6 Å². The second-order valence-corrected chi connectivity index (χ2v) is 25.3. The van der Waals surface area contributed by atoms with E-state index in [1.54, 1.807) is 0 Å². The van der Waals surface area contributed by atoms with Crippen molar-refractivity contribution in [2.45, 2.75) is 0 Å². The van der Waals surface area contributed by atoms with Crippen molar-refractivity contribution in [3.05, 3.63) is 291 Å². The summed E-state index contributed by atoms with van der Waals surface area (Å²) in [6.45, 7) is 0. The molecule has 0 radical (unpaired) electrons. The summed E-state index contributed by atoms with van der Waals surface area (Å²) in [4.78, 5) is 16.5. The molecule has 8 heteroatoms. The first-order valence-corrected chi connectivity index (χ1v) is 30.2. The van der Waals surface area contributed by atoms with Gasteiger partial charge in [-0.1, -0.05) is 212 Å². The van der Waals surface area contributed by atoms with Gasteiger partial charge in [-0.05, 0) is 99.6 Å². The minimum absolute atomic E-state index is 0.509. The lowest BCUT2D eigenvalue weighted by Crippen LogP contribution is -2.74. The van der Waals surface area contributed by atoms with Crippen LogP contribution in [0.5, 0.6) is 0 Å². The molecular weight excluding hydrogens is 1030 g/mol. The molecule has 0 aliphatic carbocycles.